The highest BCUT2D eigenvalue weighted by atomic mass is 32.3. The van der Waals surface area contributed by atoms with Crippen molar-refractivity contribution in [2.24, 2.45) is 3.77 Å². The van der Waals surface area contributed by atoms with Crippen LogP contribution < -0.4 is 5.11 Å². The summed E-state index contributed by atoms with van der Waals surface area (Å²) < 4.78 is 28.4. The lowest BCUT2D eigenvalue weighted by molar-refractivity contribution is -0.255. The molecular formula is C15H14NO4S2-. The van der Waals surface area contributed by atoms with E-state index < -0.39 is 26.7 Å². The summed E-state index contributed by atoms with van der Waals surface area (Å²) in [6, 6.07) is 12.4. The summed E-state index contributed by atoms with van der Waals surface area (Å²) in [4.78, 5) is 11.5. The minimum absolute atomic E-state index is 0.000200. The average Bonchev–Trinajstić information content (AvgIpc) is 2.47. The normalized spacial score (nSPS) is 13.0. The molecule has 0 fully saturated rings. The first-order valence-corrected chi connectivity index (χ1v) is 9.35. The van der Waals surface area contributed by atoms with E-state index in [2.05, 4.69) is 3.77 Å². The molecular weight excluding hydrogens is 322 g/mol. The van der Waals surface area contributed by atoms with Crippen molar-refractivity contribution in [1.82, 2.24) is 0 Å². The van der Waals surface area contributed by atoms with Crippen LogP contribution in [0.25, 0.3) is 0 Å². The van der Waals surface area contributed by atoms with Crippen molar-refractivity contribution >= 4 is 26.7 Å². The highest BCUT2D eigenvalue weighted by Crippen LogP contribution is 2.17. The fraction of sp³-hybridized carbons (Fsp3) is 0.133. The predicted octanol–water partition coefficient (Wildman–Crippen LogP) is 1.54. The van der Waals surface area contributed by atoms with Gasteiger partial charge in [0.2, 0.25) is 0 Å². The van der Waals surface area contributed by atoms with Crippen molar-refractivity contribution in [3.63, 3.8) is 0 Å². The number of sulfonamides is 1. The maximum absolute atomic E-state index is 12.3. The third-order valence-electron chi connectivity index (χ3n) is 2.94. The number of aromatic carboxylic acids is 1. The topological polar surface area (TPSA) is 86.6 Å². The smallest absolute Gasteiger partial charge is 0.288 e. The van der Waals surface area contributed by atoms with E-state index in [1.54, 1.807) is 24.5 Å². The van der Waals surface area contributed by atoms with E-state index in [0.29, 0.717) is 4.90 Å². The molecule has 22 heavy (non-hydrogen) atoms. The van der Waals surface area contributed by atoms with E-state index in [4.69, 9.17) is 0 Å². The van der Waals surface area contributed by atoms with E-state index in [0.717, 1.165) is 5.56 Å². The summed E-state index contributed by atoms with van der Waals surface area (Å²) in [7, 11) is -4.77. The lowest BCUT2D eigenvalue weighted by atomic mass is 10.2. The number of rotatable bonds is 4. The van der Waals surface area contributed by atoms with Gasteiger partial charge in [0.15, 0.2) is 0 Å². The van der Waals surface area contributed by atoms with Gasteiger partial charge in [-0.25, -0.2) is 0 Å². The van der Waals surface area contributed by atoms with Crippen LogP contribution in [0, 0.1) is 6.92 Å². The highest BCUT2D eigenvalue weighted by Gasteiger charge is 2.13. The SMILES string of the molecule is Cc1ccc(S(=O)(=O)N=[S@](C)c2cccc(C(=O)[O-])c2)cc1. The Morgan fingerprint density at radius 1 is 1.14 bits per heavy atom. The third-order valence-corrected chi connectivity index (χ3v) is 6.42. The van der Waals surface area contributed by atoms with Gasteiger partial charge in [0.1, 0.15) is 0 Å². The Morgan fingerprint density at radius 2 is 1.77 bits per heavy atom. The van der Waals surface area contributed by atoms with Crippen LogP contribution in [0.5, 0.6) is 0 Å². The number of aryl methyl sites for hydroxylation is 1. The first kappa shape index (κ1) is 16.4. The van der Waals surface area contributed by atoms with E-state index in [9.17, 15) is 18.3 Å². The lowest BCUT2D eigenvalue weighted by Crippen LogP contribution is -2.22. The molecule has 0 spiro atoms. The van der Waals surface area contributed by atoms with Crippen molar-refractivity contribution < 1.29 is 18.3 Å². The van der Waals surface area contributed by atoms with E-state index >= 15 is 0 Å². The number of carbonyl (C=O) groups is 1. The third kappa shape index (κ3) is 3.80. The quantitative estimate of drug-likeness (QED) is 0.847. The van der Waals surface area contributed by atoms with E-state index in [1.807, 2.05) is 6.92 Å². The summed E-state index contributed by atoms with van der Waals surface area (Å²) >= 11 is 0. The van der Waals surface area contributed by atoms with Crippen LogP contribution in [-0.4, -0.2) is 20.6 Å². The number of carboxylic acids is 1. The summed E-state index contributed by atoms with van der Waals surface area (Å²) in [5, 5.41) is 10.9. The molecule has 7 heteroatoms. The van der Waals surface area contributed by atoms with Crippen molar-refractivity contribution in [3.8, 4) is 0 Å². The van der Waals surface area contributed by atoms with Gasteiger partial charge in [-0.1, -0.05) is 40.5 Å². The molecule has 5 nitrogen and oxygen atoms in total. The summed E-state index contributed by atoms with van der Waals surface area (Å²) in [5.41, 5.74) is 0.955. The minimum atomic E-state index is -3.78. The maximum Gasteiger partial charge on any atom is 0.288 e. The number of carbonyl (C=O) groups excluding carboxylic acids is 1. The number of nitrogens with zero attached hydrogens (tertiary/aromatic N) is 1. The van der Waals surface area contributed by atoms with Gasteiger partial charge >= 0.3 is 0 Å². The fourth-order valence-corrected chi connectivity index (χ4v) is 4.67. The van der Waals surface area contributed by atoms with Crippen LogP contribution in [0.3, 0.4) is 0 Å². The second kappa shape index (κ2) is 6.41. The average molecular weight is 336 g/mol. The van der Waals surface area contributed by atoms with Crippen LogP contribution in [0.1, 0.15) is 15.9 Å². The molecule has 0 N–H and O–H groups in total. The Hall–Kier alpha value is -1.99. The zero-order chi connectivity index (χ0) is 16.3. The summed E-state index contributed by atoms with van der Waals surface area (Å²) in [5.74, 6) is -1.31. The van der Waals surface area contributed by atoms with Gasteiger partial charge in [-0.15, -0.1) is 3.77 Å². The molecule has 2 aromatic rings. The Morgan fingerprint density at radius 3 is 2.36 bits per heavy atom. The Labute approximate surface area is 131 Å². The molecule has 1 atom stereocenters. The summed E-state index contributed by atoms with van der Waals surface area (Å²) in [6.45, 7) is 1.86. The van der Waals surface area contributed by atoms with Gasteiger partial charge in [-0.3, -0.25) is 0 Å². The van der Waals surface area contributed by atoms with Gasteiger partial charge in [0, 0.05) is 4.90 Å². The number of hydrogen-bond acceptors (Lipinski definition) is 4. The highest BCUT2D eigenvalue weighted by molar-refractivity contribution is 7.99. The van der Waals surface area contributed by atoms with Crippen LogP contribution >= 0.6 is 0 Å². The molecule has 0 unspecified atom stereocenters. The second-order valence-electron chi connectivity index (χ2n) is 4.66. The maximum atomic E-state index is 12.3. The first-order valence-electron chi connectivity index (χ1n) is 6.32. The number of carboxylic acid groups (broad SMARTS) is 1. The molecule has 0 saturated carbocycles. The minimum Gasteiger partial charge on any atom is -0.545 e. The molecule has 116 valence electrons. The molecule has 2 aromatic carbocycles. The Kier molecular flexibility index (Phi) is 4.77. The van der Waals surface area contributed by atoms with Crippen LogP contribution in [0.2, 0.25) is 0 Å². The van der Waals surface area contributed by atoms with Gasteiger partial charge in [0.25, 0.3) is 10.0 Å². The standard InChI is InChI=1S/C15H15NO4S2/c1-11-6-8-14(9-7-11)22(19,20)16-21(2)13-5-3-4-12(10-13)15(17)18/h3-10H,1-2H3,(H,17,18)/p-1/t21-/m1/s1. The molecule has 0 aliphatic rings. The molecule has 0 aliphatic carbocycles. The summed E-state index contributed by atoms with van der Waals surface area (Å²) in [6.07, 6.45) is 1.63. The second-order valence-corrected chi connectivity index (χ2v) is 8.10. The predicted molar refractivity (Wildman–Crippen MR) is 83.1 cm³/mol. The first-order chi connectivity index (χ1) is 10.3. The molecule has 0 bridgehead atoms. The van der Waals surface area contributed by atoms with Gasteiger partial charge < -0.3 is 9.90 Å². The number of hydrogen-bond donors (Lipinski definition) is 0. The Bertz CT molecular complexity index is 840. The van der Waals surface area contributed by atoms with Crippen molar-refractivity contribution in [2.45, 2.75) is 16.7 Å². The van der Waals surface area contributed by atoms with Crippen molar-refractivity contribution in [3.05, 3.63) is 59.7 Å². The van der Waals surface area contributed by atoms with E-state index in [-0.39, 0.29) is 10.5 Å². The van der Waals surface area contributed by atoms with Crippen LogP contribution in [0.15, 0.2) is 62.1 Å². The monoisotopic (exact) mass is 336 g/mol. The zero-order valence-electron chi connectivity index (χ0n) is 12.0. The van der Waals surface area contributed by atoms with Gasteiger partial charge in [-0.05, 0) is 43.0 Å². The van der Waals surface area contributed by atoms with Crippen LogP contribution in [-0.2, 0) is 20.7 Å². The largest absolute Gasteiger partial charge is 0.545 e. The van der Waals surface area contributed by atoms with Crippen LogP contribution in [0.4, 0.5) is 0 Å². The molecule has 0 aromatic heterocycles. The zero-order valence-corrected chi connectivity index (χ0v) is 13.6. The molecule has 0 heterocycles. The lowest BCUT2D eigenvalue weighted by Gasteiger charge is -2.07. The van der Waals surface area contributed by atoms with E-state index in [1.165, 1.54) is 30.3 Å². The molecule has 2 rings (SSSR count). The van der Waals surface area contributed by atoms with Crippen molar-refractivity contribution in [2.75, 3.05) is 6.26 Å². The number of benzene rings is 2. The fourth-order valence-electron chi connectivity index (χ4n) is 1.75. The molecule has 0 radical (unpaired) electrons. The Balaban J connectivity index is 2.41. The molecule has 0 amide bonds. The van der Waals surface area contributed by atoms with Gasteiger partial charge in [-0.2, -0.15) is 8.42 Å². The molecule has 0 aliphatic heterocycles. The van der Waals surface area contributed by atoms with Crippen molar-refractivity contribution in [1.29, 1.82) is 0 Å². The molecule has 0 saturated heterocycles. The van der Waals surface area contributed by atoms with Gasteiger partial charge in [0.05, 0.1) is 10.9 Å².